The van der Waals surface area contributed by atoms with Gasteiger partial charge in [-0.05, 0) is 46.6 Å². The third-order valence-corrected chi connectivity index (χ3v) is 10.4. The van der Waals surface area contributed by atoms with E-state index in [1.54, 1.807) is 0 Å². The fourth-order valence-corrected chi connectivity index (χ4v) is 7.34. The summed E-state index contributed by atoms with van der Waals surface area (Å²) in [4.78, 5) is 9.27. The first-order valence-electron chi connectivity index (χ1n) is 16.0. The molecule has 0 unspecified atom stereocenters. The van der Waals surface area contributed by atoms with Crippen molar-refractivity contribution in [3.05, 3.63) is 150 Å². The van der Waals surface area contributed by atoms with Crippen molar-refractivity contribution in [1.82, 2.24) is 9.97 Å². The van der Waals surface area contributed by atoms with E-state index < -0.39 is 8.07 Å². The number of benzene rings is 4. The van der Waals surface area contributed by atoms with Gasteiger partial charge in [0.05, 0.1) is 13.7 Å². The summed E-state index contributed by atoms with van der Waals surface area (Å²) >= 11 is 0. The van der Waals surface area contributed by atoms with Gasteiger partial charge in [-0.15, -0.1) is 53.6 Å². The molecule has 47 heavy (non-hydrogen) atoms. The van der Waals surface area contributed by atoms with Crippen LogP contribution in [-0.2, 0) is 26.5 Å². The molecule has 3 heterocycles. The number of furan rings is 1. The van der Waals surface area contributed by atoms with Crippen LogP contribution in [0.15, 0.2) is 120 Å². The van der Waals surface area contributed by atoms with Crippen LogP contribution in [0.5, 0.6) is 0 Å². The summed E-state index contributed by atoms with van der Waals surface area (Å²) in [7, 11) is -1.44. The van der Waals surface area contributed by atoms with Gasteiger partial charge in [-0.3, -0.25) is 0 Å². The average molecular weight is 809 g/mol. The van der Waals surface area contributed by atoms with E-state index in [2.05, 4.69) is 137 Å². The molecule has 239 valence electrons. The molecule has 0 amide bonds. The molecule has 7 aromatic rings. The number of nitrogens with zero attached hydrogens (tertiary/aromatic N) is 2. The molecular formula is C42H40IrN2OSi-2. The zero-order valence-corrected chi connectivity index (χ0v) is 31.3. The molecule has 7 rings (SSSR count). The Balaban J connectivity index is 0.000000181. The third kappa shape index (κ3) is 7.88. The number of pyridine rings is 2. The topological polar surface area (TPSA) is 38.9 Å². The molecule has 0 saturated carbocycles. The van der Waals surface area contributed by atoms with Gasteiger partial charge in [0, 0.05) is 37.9 Å². The molecule has 0 N–H and O–H groups in total. The zero-order chi connectivity index (χ0) is 32.3. The number of aromatic nitrogens is 2. The van der Waals surface area contributed by atoms with E-state index in [0.29, 0.717) is 5.92 Å². The number of para-hydroxylation sites is 1. The van der Waals surface area contributed by atoms with E-state index >= 15 is 0 Å². The molecule has 5 heteroatoms. The van der Waals surface area contributed by atoms with Crippen molar-refractivity contribution in [3.63, 3.8) is 0 Å². The first-order chi connectivity index (χ1) is 22.2. The molecule has 0 atom stereocenters. The summed E-state index contributed by atoms with van der Waals surface area (Å²) in [6, 6.07) is 42.2. The second-order valence-electron chi connectivity index (χ2n) is 13.2. The van der Waals surface area contributed by atoms with Crippen LogP contribution in [0.2, 0.25) is 19.6 Å². The van der Waals surface area contributed by atoms with Crippen LogP contribution in [0, 0.1) is 19.1 Å². The minimum atomic E-state index is -1.44. The second kappa shape index (κ2) is 14.7. The molecule has 3 aromatic heterocycles. The molecule has 0 aliphatic heterocycles. The number of rotatable bonds is 6. The van der Waals surface area contributed by atoms with Crippen LogP contribution in [0.25, 0.3) is 44.5 Å². The molecule has 0 aliphatic rings. The Kier molecular flexibility index (Phi) is 10.7. The monoisotopic (exact) mass is 809 g/mol. The first-order valence-corrected chi connectivity index (χ1v) is 19.5. The summed E-state index contributed by atoms with van der Waals surface area (Å²) in [6.07, 6.45) is 4.93. The van der Waals surface area contributed by atoms with Crippen molar-refractivity contribution in [1.29, 1.82) is 0 Å². The van der Waals surface area contributed by atoms with Crippen molar-refractivity contribution in [2.75, 3.05) is 0 Å². The molecule has 0 fully saturated rings. The maximum absolute atomic E-state index is 6.07. The summed E-state index contributed by atoms with van der Waals surface area (Å²) in [5.74, 6) is 0.469. The molecule has 4 aromatic carbocycles. The predicted octanol–water partition coefficient (Wildman–Crippen LogP) is 10.6. The Hall–Kier alpha value is -4.15. The minimum Gasteiger partial charge on any atom is -0.501 e. The maximum atomic E-state index is 6.07. The summed E-state index contributed by atoms with van der Waals surface area (Å²) < 4.78 is 6.07. The SMILES string of the molecule is CC(C)c1ccnc(-c2[c-]ccc3c2oc2ccccc23)c1.Cc1c[c-]c(-c2cc(Cc3ccccc3)c([Si](C)(C)C)cn2)cc1.[Ir]. The van der Waals surface area contributed by atoms with Gasteiger partial charge in [0.25, 0.3) is 0 Å². The molecule has 0 bridgehead atoms. The van der Waals surface area contributed by atoms with Crippen LogP contribution in [-0.4, -0.2) is 18.0 Å². The largest absolute Gasteiger partial charge is 0.501 e. The Labute approximate surface area is 293 Å². The van der Waals surface area contributed by atoms with E-state index in [9.17, 15) is 0 Å². The van der Waals surface area contributed by atoms with Crippen molar-refractivity contribution in [2.45, 2.75) is 52.8 Å². The van der Waals surface area contributed by atoms with Crippen LogP contribution in [0.3, 0.4) is 0 Å². The van der Waals surface area contributed by atoms with Crippen molar-refractivity contribution in [3.8, 4) is 22.5 Å². The van der Waals surface area contributed by atoms with E-state index in [0.717, 1.165) is 50.9 Å². The molecule has 3 nitrogen and oxygen atoms in total. The summed E-state index contributed by atoms with van der Waals surface area (Å²) in [5, 5.41) is 3.69. The average Bonchev–Trinajstić information content (AvgIpc) is 3.44. The van der Waals surface area contributed by atoms with E-state index in [4.69, 9.17) is 9.40 Å². The first kappa shape index (κ1) is 34.2. The van der Waals surface area contributed by atoms with E-state index in [1.807, 2.05) is 36.5 Å². The molecule has 0 spiro atoms. The van der Waals surface area contributed by atoms with Crippen LogP contribution in [0.1, 0.15) is 42.0 Å². The molecule has 0 aliphatic carbocycles. The van der Waals surface area contributed by atoms with Crippen molar-refractivity contribution in [2.24, 2.45) is 0 Å². The van der Waals surface area contributed by atoms with E-state index in [-0.39, 0.29) is 20.1 Å². The van der Waals surface area contributed by atoms with E-state index in [1.165, 1.54) is 27.4 Å². The smallest absolute Gasteiger partial charge is 0.120 e. The number of fused-ring (bicyclic) bond motifs is 3. The summed E-state index contributed by atoms with van der Waals surface area (Å²) in [6.45, 7) is 13.6. The van der Waals surface area contributed by atoms with Gasteiger partial charge in [-0.1, -0.05) is 123 Å². The van der Waals surface area contributed by atoms with Gasteiger partial charge in [0.1, 0.15) is 5.58 Å². The van der Waals surface area contributed by atoms with Crippen LogP contribution < -0.4 is 5.19 Å². The van der Waals surface area contributed by atoms with Crippen LogP contribution >= 0.6 is 0 Å². The number of aryl methyl sites for hydroxylation is 1. The van der Waals surface area contributed by atoms with Gasteiger partial charge in [0.15, 0.2) is 0 Å². The Morgan fingerprint density at radius 2 is 1.55 bits per heavy atom. The normalized spacial score (nSPS) is 11.3. The van der Waals surface area contributed by atoms with Crippen molar-refractivity contribution >= 4 is 35.2 Å². The molecule has 1 radical (unpaired) electrons. The van der Waals surface area contributed by atoms with Crippen LogP contribution in [0.4, 0.5) is 0 Å². The molecular weight excluding hydrogens is 769 g/mol. The maximum Gasteiger partial charge on any atom is 0.120 e. The summed E-state index contributed by atoms with van der Waals surface area (Å²) in [5.41, 5.74) is 10.9. The Morgan fingerprint density at radius 1 is 0.787 bits per heavy atom. The quantitative estimate of drug-likeness (QED) is 0.124. The number of hydrogen-bond acceptors (Lipinski definition) is 3. The van der Waals surface area contributed by atoms with Gasteiger partial charge in [-0.2, -0.15) is 0 Å². The van der Waals surface area contributed by atoms with Gasteiger partial charge >= 0.3 is 0 Å². The Morgan fingerprint density at radius 3 is 2.28 bits per heavy atom. The molecule has 0 saturated heterocycles. The van der Waals surface area contributed by atoms with Gasteiger partial charge in [-0.25, -0.2) is 0 Å². The van der Waals surface area contributed by atoms with Gasteiger partial charge in [0.2, 0.25) is 0 Å². The second-order valence-corrected chi connectivity index (χ2v) is 18.3. The van der Waals surface area contributed by atoms with Crippen molar-refractivity contribution < 1.29 is 24.5 Å². The zero-order valence-electron chi connectivity index (χ0n) is 27.9. The minimum absolute atomic E-state index is 0. The third-order valence-electron chi connectivity index (χ3n) is 8.32. The van der Waals surface area contributed by atoms with Gasteiger partial charge < -0.3 is 14.4 Å². The standard InChI is InChI=1S/C22H24NSi.C20H16NO.Ir/c1-17-10-12-19(13-11-17)21-15-20(14-18-8-6-5-7-9-18)22(16-23-21)24(2,3)4;1-13(2)14-10-11-21-18(12-14)17-8-5-7-16-15-6-3-4-9-19(15)22-20(16)17;/h5-12,15-16H,14H2,1-4H3;3-7,9-13H,1-2H3;/q2*-1;. The predicted molar refractivity (Wildman–Crippen MR) is 195 cm³/mol. The fourth-order valence-electron chi connectivity index (χ4n) is 5.77. The number of hydrogen-bond donors (Lipinski definition) is 0. The Bertz CT molecular complexity index is 2090. The fraction of sp³-hybridized carbons (Fsp3) is 0.190.